The number of benzene rings is 2. The molecule has 1 aliphatic heterocycles. The Morgan fingerprint density at radius 2 is 1.80 bits per heavy atom. The summed E-state index contributed by atoms with van der Waals surface area (Å²) in [6.45, 7) is 10.7. The van der Waals surface area contributed by atoms with Crippen molar-refractivity contribution in [3.63, 3.8) is 0 Å². The number of fused-ring (bicyclic) bond motifs is 1. The van der Waals surface area contributed by atoms with Crippen molar-refractivity contribution >= 4 is 28.1 Å². The second kappa shape index (κ2) is 12.1. The van der Waals surface area contributed by atoms with Crippen LogP contribution in [0, 0.1) is 12.7 Å². The molecule has 0 atom stereocenters. The highest BCUT2D eigenvalue weighted by atomic mass is 19.1. The smallest absolute Gasteiger partial charge is 0.288 e. The number of nitrogens with one attached hydrogen (secondary N) is 2. The van der Waals surface area contributed by atoms with Crippen molar-refractivity contribution in [2.75, 3.05) is 43.4 Å². The molecular weight excluding hydrogens is 589 g/mol. The van der Waals surface area contributed by atoms with Gasteiger partial charge in [0.15, 0.2) is 11.6 Å². The van der Waals surface area contributed by atoms with E-state index in [1.165, 1.54) is 12.3 Å². The summed E-state index contributed by atoms with van der Waals surface area (Å²) in [6, 6.07) is 11.8. The van der Waals surface area contributed by atoms with Crippen LogP contribution >= 0.6 is 0 Å². The van der Waals surface area contributed by atoms with E-state index in [4.69, 9.17) is 0 Å². The summed E-state index contributed by atoms with van der Waals surface area (Å²) in [4.78, 5) is 31.0. The van der Waals surface area contributed by atoms with Gasteiger partial charge in [0.1, 0.15) is 11.5 Å². The van der Waals surface area contributed by atoms with Crippen LogP contribution in [0.15, 0.2) is 58.3 Å². The number of nitrogens with zero attached hydrogens (tertiary/aromatic N) is 7. The lowest BCUT2D eigenvalue weighted by molar-refractivity contribution is 0.281. The van der Waals surface area contributed by atoms with Crippen molar-refractivity contribution in [1.29, 1.82) is 0 Å². The van der Waals surface area contributed by atoms with Gasteiger partial charge in [0.25, 0.3) is 11.1 Å². The third-order valence-corrected chi connectivity index (χ3v) is 8.46. The molecule has 0 aliphatic carbocycles. The topological polar surface area (TPSA) is 145 Å². The average molecular weight is 626 g/mol. The molecule has 13 heteroatoms. The fourth-order valence-corrected chi connectivity index (χ4v) is 5.67. The molecule has 12 nitrogen and oxygen atoms in total. The third-order valence-electron chi connectivity index (χ3n) is 8.46. The van der Waals surface area contributed by atoms with Crippen LogP contribution in [-0.2, 0) is 12.0 Å². The highest BCUT2D eigenvalue weighted by Gasteiger charge is 2.22. The molecule has 3 N–H and O–H groups in total. The number of H-pyrrole nitrogens is 1. The van der Waals surface area contributed by atoms with Crippen LogP contribution < -0.4 is 21.3 Å². The number of piperazine rings is 1. The SMILES string of the molecule is Cc1c(-c2cccc(-n3ncc4cc(C(C)(C)C)cc(F)c4c3=O)c2CO)n[nH]c(=O)c1Nc1ccc(N2CCN(C)CC2)nn1. The van der Waals surface area contributed by atoms with Crippen molar-refractivity contribution in [3.05, 3.63) is 91.9 Å². The predicted molar refractivity (Wildman–Crippen MR) is 176 cm³/mol. The first-order valence-electron chi connectivity index (χ1n) is 15.1. The van der Waals surface area contributed by atoms with E-state index in [1.54, 1.807) is 37.3 Å². The molecule has 1 fully saturated rings. The predicted octanol–water partition coefficient (Wildman–Crippen LogP) is 3.66. The summed E-state index contributed by atoms with van der Waals surface area (Å²) in [7, 11) is 2.09. The van der Waals surface area contributed by atoms with E-state index < -0.39 is 23.5 Å². The Hall–Kier alpha value is -5.01. The van der Waals surface area contributed by atoms with Crippen LogP contribution in [0.25, 0.3) is 27.7 Å². The number of rotatable bonds is 6. The minimum Gasteiger partial charge on any atom is -0.392 e. The molecule has 0 amide bonds. The first-order chi connectivity index (χ1) is 22.0. The summed E-state index contributed by atoms with van der Waals surface area (Å²) in [6.07, 6.45) is 1.45. The number of hydrogen-bond acceptors (Lipinski definition) is 10. The van der Waals surface area contributed by atoms with Crippen molar-refractivity contribution in [1.82, 2.24) is 35.1 Å². The maximum absolute atomic E-state index is 15.4. The highest BCUT2D eigenvalue weighted by Crippen LogP contribution is 2.32. The lowest BCUT2D eigenvalue weighted by Gasteiger charge is -2.32. The van der Waals surface area contributed by atoms with Gasteiger partial charge in [0.2, 0.25) is 0 Å². The van der Waals surface area contributed by atoms with E-state index >= 15 is 4.39 Å². The first kappa shape index (κ1) is 31.0. The molecular formula is C33H36FN9O3. The molecule has 0 saturated carbocycles. The van der Waals surface area contributed by atoms with Gasteiger partial charge in [-0.3, -0.25) is 9.59 Å². The monoisotopic (exact) mass is 625 g/mol. The number of hydrogen-bond donors (Lipinski definition) is 3. The molecule has 0 radical (unpaired) electrons. The van der Waals surface area contributed by atoms with Crippen LogP contribution in [0.5, 0.6) is 0 Å². The number of aliphatic hydroxyl groups excluding tert-OH is 1. The molecule has 3 aromatic heterocycles. The molecule has 0 unspecified atom stereocenters. The lowest BCUT2D eigenvalue weighted by Crippen LogP contribution is -2.44. The van der Waals surface area contributed by atoms with E-state index in [0.717, 1.165) is 42.2 Å². The summed E-state index contributed by atoms with van der Waals surface area (Å²) >= 11 is 0. The van der Waals surface area contributed by atoms with Crippen LogP contribution in [0.4, 0.5) is 21.7 Å². The molecule has 46 heavy (non-hydrogen) atoms. The van der Waals surface area contributed by atoms with E-state index in [2.05, 4.69) is 47.7 Å². The Bertz CT molecular complexity index is 2040. The van der Waals surface area contributed by atoms with Crippen LogP contribution in [0.2, 0.25) is 0 Å². The summed E-state index contributed by atoms with van der Waals surface area (Å²) in [5.41, 5.74) is 1.41. The van der Waals surface area contributed by atoms with Gasteiger partial charge in [-0.05, 0) is 55.3 Å². The lowest BCUT2D eigenvalue weighted by atomic mass is 9.86. The minimum absolute atomic E-state index is 0.0955. The van der Waals surface area contributed by atoms with Crippen molar-refractivity contribution in [3.8, 4) is 16.9 Å². The number of aromatic amines is 1. The fourth-order valence-electron chi connectivity index (χ4n) is 5.67. The molecule has 2 aromatic carbocycles. The molecule has 6 rings (SSSR count). The third kappa shape index (κ3) is 5.74. The molecule has 0 spiro atoms. The molecule has 1 saturated heterocycles. The largest absolute Gasteiger partial charge is 0.392 e. The Morgan fingerprint density at radius 3 is 2.48 bits per heavy atom. The van der Waals surface area contributed by atoms with Crippen molar-refractivity contribution in [2.24, 2.45) is 0 Å². The maximum Gasteiger partial charge on any atom is 0.288 e. The Kier molecular flexibility index (Phi) is 8.13. The summed E-state index contributed by atoms with van der Waals surface area (Å²) in [5.74, 6) is 0.498. The van der Waals surface area contributed by atoms with Gasteiger partial charge >= 0.3 is 0 Å². The van der Waals surface area contributed by atoms with E-state index in [1.807, 2.05) is 26.8 Å². The molecule has 1 aliphatic rings. The van der Waals surface area contributed by atoms with Gasteiger partial charge in [-0.25, -0.2) is 9.49 Å². The molecule has 4 heterocycles. The quantitative estimate of drug-likeness (QED) is 0.256. The Morgan fingerprint density at radius 1 is 1.04 bits per heavy atom. The second-order valence-electron chi connectivity index (χ2n) is 12.6. The number of aromatic nitrogens is 6. The van der Waals surface area contributed by atoms with Gasteiger partial charge < -0.3 is 20.2 Å². The van der Waals surface area contributed by atoms with Crippen LogP contribution in [0.3, 0.4) is 0 Å². The van der Waals surface area contributed by atoms with E-state index in [0.29, 0.717) is 33.6 Å². The minimum atomic E-state index is -0.658. The van der Waals surface area contributed by atoms with E-state index in [-0.39, 0.29) is 22.2 Å². The zero-order chi connectivity index (χ0) is 32.7. The highest BCUT2D eigenvalue weighted by molar-refractivity contribution is 5.83. The zero-order valence-corrected chi connectivity index (χ0v) is 26.4. The van der Waals surface area contributed by atoms with Crippen LogP contribution in [0.1, 0.15) is 37.5 Å². The summed E-state index contributed by atoms with van der Waals surface area (Å²) < 4.78 is 16.4. The maximum atomic E-state index is 15.4. The van der Waals surface area contributed by atoms with Crippen molar-refractivity contribution < 1.29 is 9.50 Å². The number of anilines is 3. The van der Waals surface area contributed by atoms with Gasteiger partial charge in [0, 0.05) is 48.3 Å². The first-order valence-corrected chi connectivity index (χ1v) is 15.1. The molecule has 238 valence electrons. The number of aliphatic hydroxyl groups is 1. The number of likely N-dealkylation sites (N-methyl/N-ethyl adjacent to an activating group) is 1. The average Bonchev–Trinajstić information content (AvgIpc) is 3.03. The normalized spacial score (nSPS) is 14.2. The van der Waals surface area contributed by atoms with Gasteiger partial charge in [-0.1, -0.05) is 32.9 Å². The van der Waals surface area contributed by atoms with Crippen LogP contribution in [-0.4, -0.2) is 73.4 Å². The van der Waals surface area contributed by atoms with Gasteiger partial charge in [0.05, 0.1) is 29.6 Å². The molecule has 0 bridgehead atoms. The zero-order valence-electron chi connectivity index (χ0n) is 26.4. The Balaban J connectivity index is 1.37. The Labute approximate surface area is 264 Å². The second-order valence-corrected chi connectivity index (χ2v) is 12.6. The van der Waals surface area contributed by atoms with E-state index in [9.17, 15) is 14.7 Å². The number of halogens is 1. The van der Waals surface area contributed by atoms with Crippen molar-refractivity contribution in [2.45, 2.75) is 39.7 Å². The summed E-state index contributed by atoms with van der Waals surface area (Å²) in [5, 5.41) is 33.7. The van der Waals surface area contributed by atoms with Gasteiger partial charge in [-0.2, -0.15) is 14.9 Å². The standard InChI is InChI=1S/C33H36FN9O3/c1-19-29(39-40-31(45)30(19)36-26-9-10-27(38-37-26)42-13-11-41(5)12-14-42)22-7-6-8-25(23(22)18-44)43-32(46)28-20(17-35-43)15-21(16-24(28)34)33(2,3)4/h6-10,15-17,44H,11-14,18H2,1-5H3,(H,40,45)(H,36,37,39). The fraction of sp³-hybridized carbons (Fsp3) is 0.333. The molecule has 5 aromatic rings. The van der Waals surface area contributed by atoms with Gasteiger partial charge in [-0.15, -0.1) is 10.2 Å².